The zero-order chi connectivity index (χ0) is 7.03. The van der Waals surface area contributed by atoms with Crippen LogP contribution in [0.3, 0.4) is 0 Å². The summed E-state index contributed by atoms with van der Waals surface area (Å²) in [6, 6.07) is 0. The fraction of sp³-hybridized carbons (Fsp3) is 1.00. The average Bonchev–Trinajstić information content (AvgIpc) is 2.46. The lowest BCUT2D eigenvalue weighted by Gasteiger charge is -2.21. The smallest absolute Gasteiger partial charge is 0.114 e. The van der Waals surface area contributed by atoms with E-state index in [1.54, 1.807) is 0 Å². The Morgan fingerprint density at radius 2 is 2.00 bits per heavy atom. The fourth-order valence-electron chi connectivity index (χ4n) is 2.33. The van der Waals surface area contributed by atoms with Crippen LogP contribution in [0.1, 0.15) is 32.1 Å². The SMILES string of the molecule is FC1CNC2(CCCC2)C1. The van der Waals surface area contributed by atoms with E-state index in [2.05, 4.69) is 5.32 Å². The van der Waals surface area contributed by atoms with Crippen LogP contribution in [0.15, 0.2) is 0 Å². The Balaban J connectivity index is 2.03. The van der Waals surface area contributed by atoms with Gasteiger partial charge in [0.15, 0.2) is 0 Å². The number of hydrogen-bond acceptors (Lipinski definition) is 1. The van der Waals surface area contributed by atoms with Crippen molar-refractivity contribution in [2.75, 3.05) is 6.54 Å². The van der Waals surface area contributed by atoms with E-state index in [0.717, 1.165) is 6.42 Å². The van der Waals surface area contributed by atoms with Gasteiger partial charge in [0, 0.05) is 12.1 Å². The maximum atomic E-state index is 12.8. The van der Waals surface area contributed by atoms with Gasteiger partial charge in [-0.15, -0.1) is 0 Å². The molecule has 1 unspecified atom stereocenters. The van der Waals surface area contributed by atoms with Gasteiger partial charge in [0.25, 0.3) is 0 Å². The molecule has 58 valence electrons. The van der Waals surface area contributed by atoms with Gasteiger partial charge in [-0.25, -0.2) is 4.39 Å². The molecule has 2 rings (SSSR count). The van der Waals surface area contributed by atoms with E-state index in [4.69, 9.17) is 0 Å². The number of halogens is 1. The van der Waals surface area contributed by atoms with Crippen LogP contribution in [-0.2, 0) is 0 Å². The zero-order valence-corrected chi connectivity index (χ0v) is 6.20. The first-order valence-electron chi connectivity index (χ1n) is 4.20. The van der Waals surface area contributed by atoms with Crippen molar-refractivity contribution >= 4 is 0 Å². The van der Waals surface area contributed by atoms with Gasteiger partial charge in [-0.3, -0.25) is 0 Å². The molecule has 1 saturated carbocycles. The van der Waals surface area contributed by atoms with Gasteiger partial charge in [0.2, 0.25) is 0 Å². The Morgan fingerprint density at radius 3 is 2.50 bits per heavy atom. The summed E-state index contributed by atoms with van der Waals surface area (Å²) >= 11 is 0. The Kier molecular flexibility index (Phi) is 1.44. The van der Waals surface area contributed by atoms with Crippen LogP contribution < -0.4 is 5.32 Å². The summed E-state index contributed by atoms with van der Waals surface area (Å²) in [5.41, 5.74) is 0.236. The first-order valence-corrected chi connectivity index (χ1v) is 4.20. The van der Waals surface area contributed by atoms with Crippen molar-refractivity contribution in [3.63, 3.8) is 0 Å². The van der Waals surface area contributed by atoms with Crippen LogP contribution in [0.5, 0.6) is 0 Å². The maximum Gasteiger partial charge on any atom is 0.114 e. The lowest BCUT2D eigenvalue weighted by molar-refractivity contribution is 0.321. The number of hydrogen-bond donors (Lipinski definition) is 1. The molecular weight excluding hydrogens is 129 g/mol. The number of alkyl halides is 1. The minimum absolute atomic E-state index is 0.236. The normalized spacial score (nSPS) is 37.5. The highest BCUT2D eigenvalue weighted by Crippen LogP contribution is 2.37. The molecule has 1 nitrogen and oxygen atoms in total. The molecule has 1 saturated heterocycles. The Bertz CT molecular complexity index is 129. The summed E-state index contributed by atoms with van der Waals surface area (Å²) in [4.78, 5) is 0. The summed E-state index contributed by atoms with van der Waals surface area (Å²) in [6.07, 6.45) is 5.19. The molecule has 2 heteroatoms. The molecule has 1 aliphatic heterocycles. The topological polar surface area (TPSA) is 12.0 Å². The molecule has 0 bridgehead atoms. The fourth-order valence-corrected chi connectivity index (χ4v) is 2.33. The van der Waals surface area contributed by atoms with Crippen molar-refractivity contribution in [2.45, 2.75) is 43.8 Å². The molecule has 0 amide bonds. The Morgan fingerprint density at radius 1 is 1.30 bits per heavy atom. The molecule has 0 radical (unpaired) electrons. The molecule has 1 heterocycles. The first-order chi connectivity index (χ1) is 4.81. The third kappa shape index (κ3) is 0.947. The van der Waals surface area contributed by atoms with Crippen LogP contribution >= 0.6 is 0 Å². The molecule has 10 heavy (non-hydrogen) atoms. The second-order valence-electron chi connectivity index (χ2n) is 3.67. The standard InChI is InChI=1S/C8H14FN/c9-7-5-8(10-6-7)3-1-2-4-8/h7,10H,1-6H2. The highest BCUT2D eigenvalue weighted by molar-refractivity contribution is 4.99. The minimum atomic E-state index is -0.571. The van der Waals surface area contributed by atoms with Gasteiger partial charge < -0.3 is 5.32 Å². The van der Waals surface area contributed by atoms with Gasteiger partial charge in [-0.1, -0.05) is 12.8 Å². The Hall–Kier alpha value is -0.110. The molecule has 0 aromatic heterocycles. The van der Waals surface area contributed by atoms with Crippen LogP contribution in [0.2, 0.25) is 0 Å². The van der Waals surface area contributed by atoms with Crippen molar-refractivity contribution in [3.05, 3.63) is 0 Å². The molecule has 1 N–H and O–H groups in total. The van der Waals surface area contributed by atoms with Gasteiger partial charge in [-0.2, -0.15) is 0 Å². The van der Waals surface area contributed by atoms with E-state index in [0.29, 0.717) is 6.54 Å². The maximum absolute atomic E-state index is 12.8. The number of rotatable bonds is 0. The lowest BCUT2D eigenvalue weighted by atomic mass is 9.95. The molecule has 1 spiro atoms. The minimum Gasteiger partial charge on any atom is -0.308 e. The van der Waals surface area contributed by atoms with E-state index < -0.39 is 6.17 Å². The second kappa shape index (κ2) is 2.19. The van der Waals surface area contributed by atoms with Gasteiger partial charge in [-0.05, 0) is 19.3 Å². The monoisotopic (exact) mass is 143 g/mol. The molecule has 1 atom stereocenters. The third-order valence-corrected chi connectivity index (χ3v) is 2.87. The van der Waals surface area contributed by atoms with Crippen LogP contribution in [-0.4, -0.2) is 18.3 Å². The third-order valence-electron chi connectivity index (χ3n) is 2.87. The largest absolute Gasteiger partial charge is 0.308 e. The van der Waals surface area contributed by atoms with Crippen LogP contribution in [0.25, 0.3) is 0 Å². The predicted molar refractivity (Wildman–Crippen MR) is 38.7 cm³/mol. The van der Waals surface area contributed by atoms with Crippen molar-refractivity contribution in [1.82, 2.24) is 5.32 Å². The molecule has 0 aromatic rings. The Labute approximate surface area is 61.0 Å². The lowest BCUT2D eigenvalue weighted by Crippen LogP contribution is -2.35. The van der Waals surface area contributed by atoms with E-state index in [9.17, 15) is 4.39 Å². The summed E-state index contributed by atoms with van der Waals surface area (Å²) in [7, 11) is 0. The quantitative estimate of drug-likeness (QED) is 0.543. The molecule has 1 aliphatic carbocycles. The van der Waals surface area contributed by atoms with Gasteiger partial charge >= 0.3 is 0 Å². The van der Waals surface area contributed by atoms with Crippen LogP contribution in [0, 0.1) is 0 Å². The highest BCUT2D eigenvalue weighted by atomic mass is 19.1. The summed E-state index contributed by atoms with van der Waals surface area (Å²) < 4.78 is 12.8. The zero-order valence-electron chi connectivity index (χ0n) is 6.20. The predicted octanol–water partition coefficient (Wildman–Crippen LogP) is 1.63. The highest BCUT2D eigenvalue weighted by Gasteiger charge is 2.40. The molecule has 2 fully saturated rings. The second-order valence-corrected chi connectivity index (χ2v) is 3.67. The van der Waals surface area contributed by atoms with Crippen LogP contribution in [0.4, 0.5) is 4.39 Å². The van der Waals surface area contributed by atoms with Crippen molar-refractivity contribution in [3.8, 4) is 0 Å². The van der Waals surface area contributed by atoms with E-state index in [1.807, 2.05) is 0 Å². The van der Waals surface area contributed by atoms with E-state index >= 15 is 0 Å². The van der Waals surface area contributed by atoms with Gasteiger partial charge in [0.05, 0.1) is 0 Å². The van der Waals surface area contributed by atoms with Crippen molar-refractivity contribution in [2.24, 2.45) is 0 Å². The molecule has 2 aliphatic rings. The van der Waals surface area contributed by atoms with E-state index in [-0.39, 0.29) is 5.54 Å². The van der Waals surface area contributed by atoms with E-state index in [1.165, 1.54) is 25.7 Å². The summed E-state index contributed by atoms with van der Waals surface area (Å²) in [5.74, 6) is 0. The first kappa shape index (κ1) is 6.59. The van der Waals surface area contributed by atoms with Gasteiger partial charge in [0.1, 0.15) is 6.17 Å². The summed E-state index contributed by atoms with van der Waals surface area (Å²) in [5, 5.41) is 3.31. The molecular formula is C8H14FN. The number of nitrogens with one attached hydrogen (secondary N) is 1. The summed E-state index contributed by atoms with van der Waals surface area (Å²) in [6.45, 7) is 0.597. The van der Waals surface area contributed by atoms with Crippen molar-refractivity contribution in [1.29, 1.82) is 0 Å². The molecule has 0 aromatic carbocycles. The van der Waals surface area contributed by atoms with Crippen molar-refractivity contribution < 1.29 is 4.39 Å². The average molecular weight is 143 g/mol.